The maximum atomic E-state index is 13.4. The van der Waals surface area contributed by atoms with E-state index in [9.17, 15) is 19.3 Å². The van der Waals surface area contributed by atoms with Gasteiger partial charge in [-0.3, -0.25) is 20.8 Å². The Labute approximate surface area is 114 Å². The summed E-state index contributed by atoms with van der Waals surface area (Å²) >= 11 is 0. The number of hydrogen-bond donors (Lipinski definition) is 3. The number of halogens is 1. The normalized spacial score (nSPS) is 10.4. The third-order valence-corrected chi connectivity index (χ3v) is 2.53. The van der Waals surface area contributed by atoms with Crippen LogP contribution in [0.25, 0.3) is 0 Å². The molecule has 0 spiro atoms. The molecule has 4 N–H and O–H groups in total. The maximum absolute atomic E-state index is 13.4. The molecule has 110 valence electrons. The van der Waals surface area contributed by atoms with Crippen molar-refractivity contribution in [1.29, 1.82) is 0 Å². The minimum atomic E-state index is -0.899. The van der Waals surface area contributed by atoms with E-state index >= 15 is 0 Å². The molecule has 1 rings (SSSR count). The van der Waals surface area contributed by atoms with E-state index in [1.165, 1.54) is 0 Å². The highest BCUT2D eigenvalue weighted by Crippen LogP contribution is 2.25. The molecule has 1 amide bonds. The first kappa shape index (κ1) is 15.8. The monoisotopic (exact) mass is 285 g/mol. The summed E-state index contributed by atoms with van der Waals surface area (Å²) in [6, 6.07) is 1.68. The van der Waals surface area contributed by atoms with Gasteiger partial charge in [-0.15, -0.1) is 0 Å². The number of nitrogen functional groups attached to an aromatic ring is 1. The number of carbonyl (C=O) groups excluding carboxylic acids is 1. The van der Waals surface area contributed by atoms with Crippen molar-refractivity contribution < 1.29 is 14.1 Å². The van der Waals surface area contributed by atoms with E-state index in [1.807, 2.05) is 24.4 Å². The lowest BCUT2D eigenvalue weighted by atomic mass is 10.1. The van der Waals surface area contributed by atoms with Gasteiger partial charge in [0.1, 0.15) is 5.56 Å². The van der Waals surface area contributed by atoms with Gasteiger partial charge >= 0.3 is 0 Å². The molecule has 0 bridgehead atoms. The van der Waals surface area contributed by atoms with Crippen LogP contribution in [0.3, 0.4) is 0 Å². The van der Waals surface area contributed by atoms with E-state index in [0.717, 1.165) is 6.07 Å². The molecule has 0 aromatic heterocycles. The van der Waals surface area contributed by atoms with Gasteiger partial charge in [0.05, 0.1) is 16.7 Å². The summed E-state index contributed by atoms with van der Waals surface area (Å²) in [5, 5.41) is 13.4. The van der Waals surface area contributed by atoms with Crippen molar-refractivity contribution in [3.63, 3.8) is 0 Å². The van der Waals surface area contributed by atoms with E-state index in [4.69, 9.17) is 5.84 Å². The van der Waals surface area contributed by atoms with Crippen LogP contribution in [0, 0.1) is 15.9 Å². The Balaban J connectivity index is 3.02. The minimum Gasteiger partial charge on any atom is -0.351 e. The number of likely N-dealkylation sites (N-methyl/N-ethyl adjacent to an activating group) is 1. The number of nitro benzene ring substituents is 1. The molecule has 0 fully saturated rings. The van der Waals surface area contributed by atoms with Crippen LogP contribution >= 0.6 is 0 Å². The third-order valence-electron chi connectivity index (χ3n) is 2.53. The highest BCUT2D eigenvalue weighted by atomic mass is 19.1. The lowest BCUT2D eigenvalue weighted by molar-refractivity contribution is -0.385. The van der Waals surface area contributed by atoms with Gasteiger partial charge in [-0.05, 0) is 20.2 Å². The van der Waals surface area contributed by atoms with Crippen molar-refractivity contribution in [1.82, 2.24) is 10.2 Å². The predicted molar refractivity (Wildman–Crippen MR) is 71.8 cm³/mol. The van der Waals surface area contributed by atoms with E-state index in [2.05, 4.69) is 5.32 Å². The Morgan fingerprint density at radius 2 is 2.15 bits per heavy atom. The standard InChI is InChI=1S/C11H16FN5O3/c1-16(2)4-3-14-11(18)7-5-9(15-13)8(12)6-10(7)17(19)20/h5-6,15H,3-4,13H2,1-2H3,(H,14,18). The Bertz CT molecular complexity index is 521. The van der Waals surface area contributed by atoms with Gasteiger partial charge in [0.25, 0.3) is 11.6 Å². The van der Waals surface area contributed by atoms with Crippen LogP contribution < -0.4 is 16.6 Å². The first-order valence-corrected chi connectivity index (χ1v) is 5.74. The molecule has 1 aromatic carbocycles. The lowest BCUT2D eigenvalue weighted by Crippen LogP contribution is -2.31. The molecular formula is C11H16FN5O3. The summed E-state index contributed by atoms with van der Waals surface area (Å²) in [6.07, 6.45) is 0. The number of amides is 1. The molecule has 1 aromatic rings. The van der Waals surface area contributed by atoms with Gasteiger partial charge in [0.15, 0.2) is 5.82 Å². The summed E-state index contributed by atoms with van der Waals surface area (Å²) in [6.45, 7) is 0.883. The number of benzene rings is 1. The summed E-state index contributed by atoms with van der Waals surface area (Å²) in [7, 11) is 3.64. The molecule has 0 saturated carbocycles. The average Bonchev–Trinajstić information content (AvgIpc) is 2.37. The highest BCUT2D eigenvalue weighted by Gasteiger charge is 2.23. The largest absolute Gasteiger partial charge is 0.351 e. The number of carbonyl (C=O) groups is 1. The van der Waals surface area contributed by atoms with Gasteiger partial charge in [-0.25, -0.2) is 4.39 Å². The second-order valence-corrected chi connectivity index (χ2v) is 4.31. The van der Waals surface area contributed by atoms with Crippen molar-refractivity contribution in [3.05, 3.63) is 33.6 Å². The molecule has 0 saturated heterocycles. The number of hydrazine groups is 1. The van der Waals surface area contributed by atoms with Gasteiger partial charge in [-0.2, -0.15) is 0 Å². The van der Waals surface area contributed by atoms with E-state index in [-0.39, 0.29) is 11.3 Å². The van der Waals surface area contributed by atoms with Crippen molar-refractivity contribution >= 4 is 17.3 Å². The molecule has 9 heteroatoms. The number of nitrogens with one attached hydrogen (secondary N) is 2. The van der Waals surface area contributed by atoms with Crippen LogP contribution in [0.15, 0.2) is 12.1 Å². The van der Waals surface area contributed by atoms with Crippen LogP contribution in [-0.4, -0.2) is 42.9 Å². The predicted octanol–water partition coefficient (Wildman–Crippen LogP) is 0.311. The summed E-state index contributed by atoms with van der Waals surface area (Å²) < 4.78 is 13.4. The number of nitro groups is 1. The molecule has 0 aliphatic heterocycles. The van der Waals surface area contributed by atoms with E-state index in [1.54, 1.807) is 0 Å². The Morgan fingerprint density at radius 1 is 1.50 bits per heavy atom. The molecule has 20 heavy (non-hydrogen) atoms. The smallest absolute Gasteiger partial charge is 0.285 e. The first-order chi connectivity index (χ1) is 9.36. The maximum Gasteiger partial charge on any atom is 0.285 e. The fourth-order valence-electron chi connectivity index (χ4n) is 1.49. The molecule has 0 aliphatic carbocycles. The van der Waals surface area contributed by atoms with Crippen LogP contribution in [0.5, 0.6) is 0 Å². The van der Waals surface area contributed by atoms with Gasteiger partial charge in [0, 0.05) is 13.1 Å². The number of nitrogens with zero attached hydrogens (tertiary/aromatic N) is 2. The van der Waals surface area contributed by atoms with Gasteiger partial charge in [-0.1, -0.05) is 0 Å². The lowest BCUT2D eigenvalue weighted by Gasteiger charge is -2.11. The molecule has 0 aliphatic rings. The summed E-state index contributed by atoms with van der Waals surface area (Å²) in [4.78, 5) is 23.8. The Hall–Kier alpha value is -2.26. The molecule has 8 nitrogen and oxygen atoms in total. The van der Waals surface area contributed by atoms with Crippen LogP contribution in [0.4, 0.5) is 15.8 Å². The Kier molecular flexibility index (Phi) is 5.35. The van der Waals surface area contributed by atoms with Crippen molar-refractivity contribution in [3.8, 4) is 0 Å². The highest BCUT2D eigenvalue weighted by molar-refractivity contribution is 5.99. The van der Waals surface area contributed by atoms with Crippen LogP contribution in [0.2, 0.25) is 0 Å². The number of rotatable bonds is 6. The third kappa shape index (κ3) is 3.87. The number of hydrogen-bond acceptors (Lipinski definition) is 6. The fraction of sp³-hybridized carbons (Fsp3) is 0.364. The molecular weight excluding hydrogens is 269 g/mol. The SMILES string of the molecule is CN(C)CCNC(=O)c1cc(NN)c(F)cc1[N+](=O)[O-]. The second-order valence-electron chi connectivity index (χ2n) is 4.31. The first-order valence-electron chi connectivity index (χ1n) is 5.74. The zero-order valence-corrected chi connectivity index (χ0v) is 11.1. The zero-order chi connectivity index (χ0) is 15.3. The fourth-order valence-corrected chi connectivity index (χ4v) is 1.49. The van der Waals surface area contributed by atoms with Crippen molar-refractivity contribution in [2.75, 3.05) is 32.6 Å². The average molecular weight is 285 g/mol. The van der Waals surface area contributed by atoms with Crippen molar-refractivity contribution in [2.24, 2.45) is 5.84 Å². The molecule has 0 atom stereocenters. The summed E-state index contributed by atoms with van der Waals surface area (Å²) in [5.41, 5.74) is 1.00. The minimum absolute atomic E-state index is 0.187. The number of nitrogens with two attached hydrogens (primary N) is 1. The number of anilines is 1. The molecule has 0 unspecified atom stereocenters. The van der Waals surface area contributed by atoms with E-state index in [0.29, 0.717) is 19.2 Å². The van der Waals surface area contributed by atoms with Gasteiger partial charge < -0.3 is 15.6 Å². The quantitative estimate of drug-likeness (QED) is 0.394. The van der Waals surface area contributed by atoms with Crippen LogP contribution in [0.1, 0.15) is 10.4 Å². The second kappa shape index (κ2) is 6.78. The summed E-state index contributed by atoms with van der Waals surface area (Å²) in [5.74, 6) is 3.53. The Morgan fingerprint density at radius 3 is 2.65 bits per heavy atom. The topological polar surface area (TPSA) is 114 Å². The van der Waals surface area contributed by atoms with Gasteiger partial charge in [0.2, 0.25) is 0 Å². The van der Waals surface area contributed by atoms with E-state index < -0.39 is 22.3 Å². The van der Waals surface area contributed by atoms with Crippen molar-refractivity contribution in [2.45, 2.75) is 0 Å². The molecule has 0 radical (unpaired) electrons. The zero-order valence-electron chi connectivity index (χ0n) is 11.1. The molecule has 0 heterocycles. The van der Waals surface area contributed by atoms with Crippen LogP contribution in [-0.2, 0) is 0 Å².